The van der Waals surface area contributed by atoms with Crippen molar-refractivity contribution >= 4 is 5.78 Å². The highest BCUT2D eigenvalue weighted by atomic mass is 16.3. The fraction of sp³-hybridized carbons (Fsp3) is 0.667. The van der Waals surface area contributed by atoms with E-state index >= 15 is 0 Å². The molecule has 0 fully saturated rings. The normalized spacial score (nSPS) is 12.5. The van der Waals surface area contributed by atoms with E-state index in [4.69, 9.17) is 10.2 Å². The first-order valence-electron chi connectivity index (χ1n) is 4.17. The first-order valence-corrected chi connectivity index (χ1v) is 4.17. The van der Waals surface area contributed by atoms with Gasteiger partial charge in [-0.1, -0.05) is 19.4 Å². The van der Waals surface area contributed by atoms with Gasteiger partial charge in [0, 0.05) is 6.61 Å². The van der Waals surface area contributed by atoms with Crippen LogP contribution in [0.4, 0.5) is 0 Å². The van der Waals surface area contributed by atoms with E-state index in [2.05, 4.69) is 6.58 Å². The van der Waals surface area contributed by atoms with Crippen molar-refractivity contribution < 1.29 is 15.0 Å². The molecule has 0 bridgehead atoms. The highest BCUT2D eigenvalue weighted by molar-refractivity contribution is 5.92. The zero-order valence-corrected chi connectivity index (χ0v) is 7.20. The van der Waals surface area contributed by atoms with Crippen molar-refractivity contribution in [3.8, 4) is 0 Å². The van der Waals surface area contributed by atoms with Gasteiger partial charge in [-0.15, -0.1) is 0 Å². The predicted molar refractivity (Wildman–Crippen MR) is 46.8 cm³/mol. The highest BCUT2D eigenvalue weighted by Gasteiger charge is 2.09. The number of ketones is 1. The summed E-state index contributed by atoms with van der Waals surface area (Å²) in [6.45, 7) is 3.45. The quantitative estimate of drug-likeness (QED) is 0.438. The van der Waals surface area contributed by atoms with E-state index in [0.717, 1.165) is 25.3 Å². The number of rotatable bonds is 7. The maximum Gasteiger partial charge on any atom is 0.183 e. The van der Waals surface area contributed by atoms with Crippen molar-refractivity contribution in [1.82, 2.24) is 0 Å². The first kappa shape index (κ1) is 11.3. The van der Waals surface area contributed by atoms with Gasteiger partial charge in [0.25, 0.3) is 0 Å². The molecular formula is C9H16O3. The van der Waals surface area contributed by atoms with Crippen LogP contribution in [0, 0.1) is 0 Å². The van der Waals surface area contributed by atoms with Gasteiger partial charge in [-0.3, -0.25) is 4.79 Å². The third-order valence-electron chi connectivity index (χ3n) is 1.67. The van der Waals surface area contributed by atoms with E-state index in [9.17, 15) is 4.79 Å². The Bertz CT molecular complexity index is 143. The summed E-state index contributed by atoms with van der Waals surface area (Å²) in [5, 5.41) is 17.6. The maximum atomic E-state index is 10.8. The molecule has 1 atom stereocenters. The van der Waals surface area contributed by atoms with E-state index in [0.29, 0.717) is 6.42 Å². The molecule has 0 radical (unpaired) electrons. The van der Waals surface area contributed by atoms with Crippen molar-refractivity contribution in [2.24, 2.45) is 0 Å². The topological polar surface area (TPSA) is 57.5 Å². The summed E-state index contributed by atoms with van der Waals surface area (Å²) in [6.07, 6.45) is 3.04. The van der Waals surface area contributed by atoms with Crippen LogP contribution in [0.3, 0.4) is 0 Å². The minimum Gasteiger partial charge on any atom is -0.396 e. The summed E-state index contributed by atoms with van der Waals surface area (Å²) in [7, 11) is 0. The fourth-order valence-electron chi connectivity index (χ4n) is 0.905. The van der Waals surface area contributed by atoms with Gasteiger partial charge in [0.1, 0.15) is 6.10 Å². The highest BCUT2D eigenvalue weighted by Crippen LogP contribution is 2.04. The van der Waals surface area contributed by atoms with Crippen LogP contribution >= 0.6 is 0 Å². The minimum absolute atomic E-state index is 0.172. The van der Waals surface area contributed by atoms with Crippen LogP contribution in [0.2, 0.25) is 0 Å². The Morgan fingerprint density at radius 3 is 2.58 bits per heavy atom. The summed E-state index contributed by atoms with van der Waals surface area (Å²) in [4.78, 5) is 10.8. The van der Waals surface area contributed by atoms with Crippen LogP contribution < -0.4 is 0 Å². The molecule has 0 aromatic heterocycles. The number of unbranched alkanes of at least 4 members (excludes halogenated alkanes) is 2. The lowest BCUT2D eigenvalue weighted by Gasteiger charge is -2.05. The molecule has 0 rings (SSSR count). The lowest BCUT2D eigenvalue weighted by atomic mass is 10.1. The van der Waals surface area contributed by atoms with Crippen LogP contribution in [0.25, 0.3) is 0 Å². The zero-order valence-electron chi connectivity index (χ0n) is 7.20. The van der Waals surface area contributed by atoms with Crippen LogP contribution in [0.5, 0.6) is 0 Å². The van der Waals surface area contributed by atoms with Gasteiger partial charge in [0.05, 0.1) is 0 Å². The first-order chi connectivity index (χ1) is 5.72. The molecule has 0 amide bonds. The van der Waals surface area contributed by atoms with Crippen LogP contribution in [-0.4, -0.2) is 28.7 Å². The second-order valence-corrected chi connectivity index (χ2v) is 2.70. The second-order valence-electron chi connectivity index (χ2n) is 2.70. The smallest absolute Gasteiger partial charge is 0.183 e. The van der Waals surface area contributed by atoms with E-state index in [1.165, 1.54) is 0 Å². The molecule has 0 heterocycles. The molecule has 0 aliphatic carbocycles. The van der Waals surface area contributed by atoms with Crippen molar-refractivity contribution in [1.29, 1.82) is 0 Å². The number of aliphatic hydroxyl groups is 2. The lowest BCUT2D eigenvalue weighted by molar-refractivity contribution is -0.122. The Kier molecular flexibility index (Phi) is 6.61. The van der Waals surface area contributed by atoms with Crippen molar-refractivity contribution in [2.75, 3.05) is 6.61 Å². The summed E-state index contributed by atoms with van der Waals surface area (Å²) in [6, 6.07) is 0. The standard InChI is InChI=1S/C9H16O3/c1-2-8(11)9(12)6-4-3-5-7-10/h2,9-10,12H,1,3-7H2. The van der Waals surface area contributed by atoms with Crippen molar-refractivity contribution in [2.45, 2.75) is 31.8 Å². The molecule has 0 aromatic rings. The largest absolute Gasteiger partial charge is 0.396 e. The van der Waals surface area contributed by atoms with Gasteiger partial charge >= 0.3 is 0 Å². The predicted octanol–water partition coefficient (Wildman–Crippen LogP) is 0.655. The molecule has 3 nitrogen and oxygen atoms in total. The van der Waals surface area contributed by atoms with Gasteiger partial charge in [-0.05, 0) is 18.9 Å². The molecule has 70 valence electrons. The third-order valence-corrected chi connectivity index (χ3v) is 1.67. The molecule has 0 saturated carbocycles. The average Bonchev–Trinajstić information content (AvgIpc) is 2.10. The Hall–Kier alpha value is -0.670. The van der Waals surface area contributed by atoms with E-state index in [1.54, 1.807) is 0 Å². The number of carbonyl (C=O) groups is 1. The van der Waals surface area contributed by atoms with Gasteiger partial charge < -0.3 is 10.2 Å². The van der Waals surface area contributed by atoms with Crippen LogP contribution in [-0.2, 0) is 4.79 Å². The van der Waals surface area contributed by atoms with Crippen LogP contribution in [0.15, 0.2) is 12.7 Å². The molecule has 0 saturated heterocycles. The summed E-state index contributed by atoms with van der Waals surface area (Å²) in [5.74, 6) is -0.320. The van der Waals surface area contributed by atoms with E-state index in [-0.39, 0.29) is 12.4 Å². The van der Waals surface area contributed by atoms with Gasteiger partial charge in [0.15, 0.2) is 5.78 Å². The zero-order chi connectivity index (χ0) is 9.40. The molecular weight excluding hydrogens is 156 g/mol. The van der Waals surface area contributed by atoms with Gasteiger partial charge in [-0.25, -0.2) is 0 Å². The Labute approximate surface area is 72.7 Å². The van der Waals surface area contributed by atoms with E-state index < -0.39 is 6.10 Å². The fourth-order valence-corrected chi connectivity index (χ4v) is 0.905. The molecule has 1 unspecified atom stereocenters. The number of hydrogen-bond donors (Lipinski definition) is 2. The molecule has 0 spiro atoms. The number of aliphatic hydroxyl groups excluding tert-OH is 2. The Balaban J connectivity index is 3.37. The molecule has 2 N–H and O–H groups in total. The molecule has 0 aliphatic heterocycles. The molecule has 12 heavy (non-hydrogen) atoms. The minimum atomic E-state index is -0.902. The Morgan fingerprint density at radius 1 is 1.42 bits per heavy atom. The number of hydrogen-bond acceptors (Lipinski definition) is 3. The maximum absolute atomic E-state index is 10.8. The summed E-state index contributed by atoms with van der Waals surface area (Å²) in [5.41, 5.74) is 0. The summed E-state index contributed by atoms with van der Waals surface area (Å²) < 4.78 is 0. The Morgan fingerprint density at radius 2 is 2.08 bits per heavy atom. The number of carbonyl (C=O) groups excluding carboxylic acids is 1. The summed E-state index contributed by atoms with van der Waals surface area (Å²) >= 11 is 0. The molecule has 0 aromatic carbocycles. The SMILES string of the molecule is C=CC(=O)C(O)CCCCCO. The molecule has 3 heteroatoms. The third kappa shape index (κ3) is 5.04. The second kappa shape index (κ2) is 7.00. The van der Waals surface area contributed by atoms with Gasteiger partial charge in [-0.2, -0.15) is 0 Å². The van der Waals surface area contributed by atoms with Crippen molar-refractivity contribution in [3.05, 3.63) is 12.7 Å². The van der Waals surface area contributed by atoms with Crippen molar-refractivity contribution in [3.63, 3.8) is 0 Å². The van der Waals surface area contributed by atoms with Crippen LogP contribution in [0.1, 0.15) is 25.7 Å². The monoisotopic (exact) mass is 172 g/mol. The molecule has 0 aliphatic rings. The van der Waals surface area contributed by atoms with E-state index in [1.807, 2.05) is 0 Å². The van der Waals surface area contributed by atoms with Gasteiger partial charge in [0.2, 0.25) is 0 Å². The average molecular weight is 172 g/mol. The lowest BCUT2D eigenvalue weighted by Crippen LogP contribution is -2.17.